The van der Waals surface area contributed by atoms with E-state index in [2.05, 4.69) is 15.1 Å². The number of benzene rings is 1. The molecule has 3 rings (SSSR count). The fourth-order valence-corrected chi connectivity index (χ4v) is 1.83. The Bertz CT molecular complexity index is 758. The van der Waals surface area contributed by atoms with Crippen molar-refractivity contribution in [2.45, 2.75) is 6.54 Å². The number of aryl methyl sites for hydroxylation is 1. The molecule has 6 nitrogen and oxygen atoms in total. The van der Waals surface area contributed by atoms with Crippen LogP contribution in [0.1, 0.15) is 5.82 Å². The zero-order chi connectivity index (χ0) is 12.5. The molecule has 0 fully saturated rings. The lowest BCUT2D eigenvalue weighted by molar-refractivity contribution is 0.637. The number of aromatic nitrogens is 5. The van der Waals surface area contributed by atoms with Gasteiger partial charge >= 0.3 is 0 Å². The fourth-order valence-electron chi connectivity index (χ4n) is 1.83. The van der Waals surface area contributed by atoms with Crippen molar-refractivity contribution >= 4 is 10.9 Å². The number of fused-ring (bicyclic) bond motifs is 1. The van der Waals surface area contributed by atoms with Gasteiger partial charge < -0.3 is 0 Å². The average Bonchev–Trinajstić information content (AvgIpc) is 2.79. The van der Waals surface area contributed by atoms with Gasteiger partial charge in [0.05, 0.1) is 23.8 Å². The molecule has 0 radical (unpaired) electrons. The fraction of sp³-hybridized carbons (Fsp3) is 0.167. The highest BCUT2D eigenvalue weighted by atomic mass is 16.1. The average molecular weight is 241 g/mol. The number of para-hydroxylation sites is 1. The summed E-state index contributed by atoms with van der Waals surface area (Å²) >= 11 is 0. The SMILES string of the molecule is Cn1ncnc1Cn1cnc2ccccc2c1=O. The van der Waals surface area contributed by atoms with Gasteiger partial charge in [-0.15, -0.1) is 0 Å². The number of hydrogen-bond acceptors (Lipinski definition) is 4. The van der Waals surface area contributed by atoms with Crippen LogP contribution in [0.5, 0.6) is 0 Å². The van der Waals surface area contributed by atoms with Crippen molar-refractivity contribution in [3.8, 4) is 0 Å². The second-order valence-electron chi connectivity index (χ2n) is 3.99. The summed E-state index contributed by atoms with van der Waals surface area (Å²) in [7, 11) is 1.79. The Morgan fingerprint density at radius 2 is 2.06 bits per heavy atom. The van der Waals surface area contributed by atoms with Crippen LogP contribution in [0, 0.1) is 0 Å². The summed E-state index contributed by atoms with van der Waals surface area (Å²) in [5.74, 6) is 0.717. The molecule has 6 heteroatoms. The molecule has 3 aromatic rings. The van der Waals surface area contributed by atoms with Crippen LogP contribution in [0.2, 0.25) is 0 Å². The Balaban J connectivity index is 2.11. The summed E-state index contributed by atoms with van der Waals surface area (Å²) in [6.45, 7) is 0.368. The smallest absolute Gasteiger partial charge is 0.261 e. The molecule has 0 aliphatic heterocycles. The summed E-state index contributed by atoms with van der Waals surface area (Å²) in [6, 6.07) is 7.29. The van der Waals surface area contributed by atoms with Crippen molar-refractivity contribution in [2.75, 3.05) is 0 Å². The molecule has 0 spiro atoms. The number of nitrogens with zero attached hydrogens (tertiary/aromatic N) is 5. The quantitative estimate of drug-likeness (QED) is 0.658. The van der Waals surface area contributed by atoms with Crippen LogP contribution < -0.4 is 5.56 Å². The van der Waals surface area contributed by atoms with Gasteiger partial charge in [0.1, 0.15) is 12.2 Å². The molecule has 0 saturated carbocycles. The lowest BCUT2D eigenvalue weighted by Gasteiger charge is -2.05. The predicted octanol–water partition coefficient (Wildman–Crippen LogP) is 0.573. The lowest BCUT2D eigenvalue weighted by Crippen LogP contribution is -2.22. The van der Waals surface area contributed by atoms with Crippen molar-refractivity contribution in [3.05, 3.63) is 53.1 Å². The molecular weight excluding hydrogens is 230 g/mol. The van der Waals surface area contributed by atoms with Gasteiger partial charge in [-0.05, 0) is 12.1 Å². The third kappa shape index (κ3) is 1.67. The molecule has 0 N–H and O–H groups in total. The van der Waals surface area contributed by atoms with E-state index in [1.54, 1.807) is 24.1 Å². The van der Waals surface area contributed by atoms with Crippen LogP contribution in [-0.4, -0.2) is 24.3 Å². The van der Waals surface area contributed by atoms with E-state index in [0.717, 1.165) is 0 Å². The van der Waals surface area contributed by atoms with Crippen molar-refractivity contribution in [1.29, 1.82) is 0 Å². The Morgan fingerprint density at radius 1 is 1.22 bits per heavy atom. The van der Waals surface area contributed by atoms with Crippen LogP contribution in [0.25, 0.3) is 10.9 Å². The standard InChI is InChI=1S/C12H11N5O/c1-16-11(13-7-15-16)6-17-8-14-10-5-3-2-4-9(10)12(17)18/h2-5,7-8H,6H2,1H3. The van der Waals surface area contributed by atoms with E-state index in [1.165, 1.54) is 10.9 Å². The van der Waals surface area contributed by atoms with E-state index in [9.17, 15) is 4.79 Å². The zero-order valence-electron chi connectivity index (χ0n) is 9.82. The molecule has 90 valence electrons. The van der Waals surface area contributed by atoms with Crippen molar-refractivity contribution in [2.24, 2.45) is 7.05 Å². The van der Waals surface area contributed by atoms with E-state index in [1.807, 2.05) is 18.2 Å². The minimum Gasteiger partial charge on any atom is -0.291 e. The van der Waals surface area contributed by atoms with Crippen LogP contribution in [-0.2, 0) is 13.6 Å². The van der Waals surface area contributed by atoms with Crippen LogP contribution in [0.4, 0.5) is 0 Å². The first-order chi connectivity index (χ1) is 8.75. The maximum Gasteiger partial charge on any atom is 0.261 e. The molecule has 0 atom stereocenters. The number of hydrogen-bond donors (Lipinski definition) is 0. The van der Waals surface area contributed by atoms with Crippen molar-refractivity contribution < 1.29 is 0 Å². The van der Waals surface area contributed by atoms with E-state index >= 15 is 0 Å². The van der Waals surface area contributed by atoms with Gasteiger partial charge in [0, 0.05) is 7.05 Å². The molecule has 0 aliphatic rings. The summed E-state index contributed by atoms with van der Waals surface area (Å²) in [4.78, 5) is 20.6. The molecule has 2 heterocycles. The molecule has 0 amide bonds. The monoisotopic (exact) mass is 241 g/mol. The largest absolute Gasteiger partial charge is 0.291 e. The summed E-state index contributed by atoms with van der Waals surface area (Å²) < 4.78 is 3.17. The zero-order valence-corrected chi connectivity index (χ0v) is 9.82. The highest BCUT2D eigenvalue weighted by Gasteiger charge is 2.06. The molecule has 2 aromatic heterocycles. The van der Waals surface area contributed by atoms with Gasteiger partial charge in [-0.1, -0.05) is 12.1 Å². The topological polar surface area (TPSA) is 65.6 Å². The normalized spacial score (nSPS) is 10.9. The molecular formula is C12H11N5O. The van der Waals surface area contributed by atoms with Gasteiger partial charge in [-0.2, -0.15) is 5.10 Å². The molecule has 1 aromatic carbocycles. The second kappa shape index (κ2) is 4.06. The van der Waals surface area contributed by atoms with Crippen LogP contribution >= 0.6 is 0 Å². The molecule has 0 aliphatic carbocycles. The Labute approximate surface area is 103 Å². The van der Waals surface area contributed by atoms with Gasteiger partial charge in [0.25, 0.3) is 5.56 Å². The second-order valence-corrected chi connectivity index (χ2v) is 3.99. The highest BCUT2D eigenvalue weighted by molar-refractivity contribution is 5.76. The van der Waals surface area contributed by atoms with E-state index in [-0.39, 0.29) is 5.56 Å². The summed E-state index contributed by atoms with van der Waals surface area (Å²) in [5.41, 5.74) is 0.639. The van der Waals surface area contributed by atoms with Gasteiger partial charge in [-0.25, -0.2) is 9.97 Å². The maximum atomic E-state index is 12.2. The van der Waals surface area contributed by atoms with Gasteiger partial charge in [0.2, 0.25) is 0 Å². The molecule has 0 saturated heterocycles. The first kappa shape index (κ1) is 10.6. The van der Waals surface area contributed by atoms with E-state index < -0.39 is 0 Å². The molecule has 0 unspecified atom stereocenters. The van der Waals surface area contributed by atoms with Crippen molar-refractivity contribution in [3.63, 3.8) is 0 Å². The first-order valence-corrected chi connectivity index (χ1v) is 5.53. The Kier molecular flexibility index (Phi) is 2.40. The van der Waals surface area contributed by atoms with Crippen LogP contribution in [0.15, 0.2) is 41.7 Å². The summed E-state index contributed by atoms with van der Waals surface area (Å²) in [5, 5.41) is 4.59. The maximum absolute atomic E-state index is 12.2. The third-order valence-corrected chi connectivity index (χ3v) is 2.85. The van der Waals surface area contributed by atoms with Gasteiger partial charge in [0.15, 0.2) is 0 Å². The predicted molar refractivity (Wildman–Crippen MR) is 66.1 cm³/mol. The minimum atomic E-state index is -0.0661. The number of rotatable bonds is 2. The van der Waals surface area contributed by atoms with Gasteiger partial charge in [-0.3, -0.25) is 14.0 Å². The minimum absolute atomic E-state index is 0.0661. The Hall–Kier alpha value is -2.50. The van der Waals surface area contributed by atoms with Crippen molar-refractivity contribution in [1.82, 2.24) is 24.3 Å². The highest BCUT2D eigenvalue weighted by Crippen LogP contribution is 2.05. The lowest BCUT2D eigenvalue weighted by atomic mass is 10.2. The van der Waals surface area contributed by atoms with E-state index in [0.29, 0.717) is 23.3 Å². The first-order valence-electron chi connectivity index (χ1n) is 5.53. The molecule has 0 bridgehead atoms. The summed E-state index contributed by atoms with van der Waals surface area (Å²) in [6.07, 6.45) is 3.01. The Morgan fingerprint density at radius 3 is 2.83 bits per heavy atom. The van der Waals surface area contributed by atoms with E-state index in [4.69, 9.17) is 0 Å². The third-order valence-electron chi connectivity index (χ3n) is 2.85. The molecule has 18 heavy (non-hydrogen) atoms. The van der Waals surface area contributed by atoms with Crippen LogP contribution in [0.3, 0.4) is 0 Å².